The van der Waals surface area contributed by atoms with E-state index in [4.69, 9.17) is 4.99 Å². The standard InChI is InChI=1S/C24H31N5S/c1-5-25-24(28-16-22-10-9-18(2)13-23(22)30-4)27-15-20-7-6-8-21(14-20)17-29-12-11-26-19(29)3/h6-14H,5,15-17H2,1-4H3,(H2,25,27,28). The van der Waals surface area contributed by atoms with Crippen molar-refractivity contribution in [3.05, 3.63) is 82.9 Å². The van der Waals surface area contributed by atoms with Gasteiger partial charge in [-0.2, -0.15) is 0 Å². The number of aryl methyl sites for hydroxylation is 2. The van der Waals surface area contributed by atoms with Crippen LogP contribution in [0.5, 0.6) is 0 Å². The molecule has 0 spiro atoms. The van der Waals surface area contributed by atoms with E-state index in [0.29, 0.717) is 6.54 Å². The Labute approximate surface area is 184 Å². The topological polar surface area (TPSA) is 54.2 Å². The Hall–Kier alpha value is -2.73. The average molecular weight is 422 g/mol. The molecule has 3 aromatic rings. The molecule has 0 amide bonds. The van der Waals surface area contributed by atoms with Gasteiger partial charge in [0.2, 0.25) is 0 Å². The number of benzene rings is 2. The smallest absolute Gasteiger partial charge is 0.191 e. The largest absolute Gasteiger partial charge is 0.357 e. The van der Waals surface area contributed by atoms with E-state index in [9.17, 15) is 0 Å². The molecule has 0 bridgehead atoms. The first-order valence-corrected chi connectivity index (χ1v) is 11.5. The second-order valence-corrected chi connectivity index (χ2v) is 8.13. The summed E-state index contributed by atoms with van der Waals surface area (Å²) in [6.07, 6.45) is 5.98. The first-order chi connectivity index (χ1) is 14.6. The fraction of sp³-hybridized carbons (Fsp3) is 0.333. The Morgan fingerprint density at radius 1 is 1.10 bits per heavy atom. The molecular weight excluding hydrogens is 390 g/mol. The van der Waals surface area contributed by atoms with Crippen LogP contribution in [0.3, 0.4) is 0 Å². The number of imidazole rings is 1. The lowest BCUT2D eigenvalue weighted by molar-refractivity contribution is 0.760. The Kier molecular flexibility index (Phi) is 7.97. The van der Waals surface area contributed by atoms with E-state index >= 15 is 0 Å². The fourth-order valence-corrected chi connectivity index (χ4v) is 3.99. The summed E-state index contributed by atoms with van der Waals surface area (Å²) in [4.78, 5) is 10.4. The van der Waals surface area contributed by atoms with E-state index < -0.39 is 0 Å². The highest BCUT2D eigenvalue weighted by Gasteiger charge is 2.05. The zero-order valence-electron chi connectivity index (χ0n) is 18.3. The number of hydrogen-bond donors (Lipinski definition) is 2. The van der Waals surface area contributed by atoms with Crippen molar-refractivity contribution < 1.29 is 0 Å². The van der Waals surface area contributed by atoms with Crippen molar-refractivity contribution in [2.75, 3.05) is 12.8 Å². The Morgan fingerprint density at radius 3 is 2.67 bits per heavy atom. The predicted molar refractivity (Wildman–Crippen MR) is 127 cm³/mol. The van der Waals surface area contributed by atoms with Gasteiger partial charge in [-0.05, 0) is 55.3 Å². The third kappa shape index (κ3) is 6.13. The maximum absolute atomic E-state index is 4.80. The first kappa shape index (κ1) is 22.0. The summed E-state index contributed by atoms with van der Waals surface area (Å²) in [7, 11) is 0. The maximum Gasteiger partial charge on any atom is 0.191 e. The van der Waals surface area contributed by atoms with Crippen LogP contribution in [0, 0.1) is 13.8 Å². The molecule has 0 saturated heterocycles. The van der Waals surface area contributed by atoms with Crippen LogP contribution in [0.4, 0.5) is 0 Å². The molecule has 158 valence electrons. The van der Waals surface area contributed by atoms with Crippen LogP contribution in [0.1, 0.15) is 35.0 Å². The van der Waals surface area contributed by atoms with Crippen LogP contribution >= 0.6 is 11.8 Å². The van der Waals surface area contributed by atoms with Gasteiger partial charge in [-0.3, -0.25) is 0 Å². The molecule has 5 nitrogen and oxygen atoms in total. The van der Waals surface area contributed by atoms with Crippen molar-refractivity contribution in [2.24, 2.45) is 4.99 Å². The van der Waals surface area contributed by atoms with Crippen LogP contribution in [-0.2, 0) is 19.6 Å². The van der Waals surface area contributed by atoms with Crippen LogP contribution in [0.15, 0.2) is 64.7 Å². The van der Waals surface area contributed by atoms with Gasteiger partial charge in [0, 0.05) is 36.9 Å². The minimum atomic E-state index is 0.634. The Bertz CT molecular complexity index is 993. The molecule has 0 fully saturated rings. The second-order valence-electron chi connectivity index (χ2n) is 7.29. The zero-order valence-corrected chi connectivity index (χ0v) is 19.1. The van der Waals surface area contributed by atoms with E-state index in [0.717, 1.165) is 31.4 Å². The molecule has 0 atom stereocenters. The number of aromatic nitrogens is 2. The zero-order chi connectivity index (χ0) is 21.3. The van der Waals surface area contributed by atoms with Crippen LogP contribution in [0.2, 0.25) is 0 Å². The van der Waals surface area contributed by atoms with Gasteiger partial charge in [0.05, 0.1) is 6.54 Å². The van der Waals surface area contributed by atoms with E-state index in [2.05, 4.69) is 82.8 Å². The fourth-order valence-electron chi connectivity index (χ4n) is 3.28. The van der Waals surface area contributed by atoms with Crippen molar-refractivity contribution >= 4 is 17.7 Å². The van der Waals surface area contributed by atoms with Gasteiger partial charge in [0.25, 0.3) is 0 Å². The summed E-state index contributed by atoms with van der Waals surface area (Å²) in [5, 5.41) is 6.82. The van der Waals surface area contributed by atoms with Gasteiger partial charge < -0.3 is 15.2 Å². The molecule has 1 aromatic heterocycles. The van der Waals surface area contributed by atoms with Gasteiger partial charge in [0.1, 0.15) is 5.82 Å². The molecule has 2 N–H and O–H groups in total. The van der Waals surface area contributed by atoms with Crippen molar-refractivity contribution in [1.82, 2.24) is 20.2 Å². The van der Waals surface area contributed by atoms with Gasteiger partial charge in [-0.25, -0.2) is 9.98 Å². The summed E-state index contributed by atoms with van der Waals surface area (Å²) in [6.45, 7) is 9.29. The molecule has 0 aliphatic carbocycles. The van der Waals surface area contributed by atoms with Crippen molar-refractivity contribution in [3.63, 3.8) is 0 Å². The van der Waals surface area contributed by atoms with E-state index in [-0.39, 0.29) is 0 Å². The van der Waals surface area contributed by atoms with Crippen molar-refractivity contribution in [3.8, 4) is 0 Å². The summed E-state index contributed by atoms with van der Waals surface area (Å²) in [5.41, 5.74) is 5.03. The molecule has 3 rings (SSSR count). The van der Waals surface area contributed by atoms with Crippen molar-refractivity contribution in [2.45, 2.75) is 45.3 Å². The third-order valence-electron chi connectivity index (χ3n) is 4.92. The van der Waals surface area contributed by atoms with Crippen LogP contribution in [0.25, 0.3) is 0 Å². The highest BCUT2D eigenvalue weighted by molar-refractivity contribution is 7.98. The first-order valence-electron chi connectivity index (χ1n) is 10.3. The number of thioether (sulfide) groups is 1. The minimum absolute atomic E-state index is 0.634. The van der Waals surface area contributed by atoms with Gasteiger partial charge >= 0.3 is 0 Å². The Balaban J connectivity index is 1.66. The van der Waals surface area contributed by atoms with Crippen LogP contribution in [-0.4, -0.2) is 28.3 Å². The third-order valence-corrected chi connectivity index (χ3v) is 5.74. The summed E-state index contributed by atoms with van der Waals surface area (Å²) in [5.74, 6) is 1.86. The predicted octanol–water partition coefficient (Wildman–Crippen LogP) is 4.53. The molecular formula is C24H31N5S. The molecule has 1 heterocycles. The highest BCUT2D eigenvalue weighted by atomic mass is 32.2. The number of nitrogens with zero attached hydrogens (tertiary/aromatic N) is 3. The number of hydrogen-bond acceptors (Lipinski definition) is 3. The molecule has 0 saturated carbocycles. The molecule has 30 heavy (non-hydrogen) atoms. The quantitative estimate of drug-likeness (QED) is 0.319. The second kappa shape index (κ2) is 10.9. The van der Waals surface area contributed by atoms with Crippen molar-refractivity contribution in [1.29, 1.82) is 0 Å². The summed E-state index contributed by atoms with van der Waals surface area (Å²) in [6, 6.07) is 15.2. The molecule has 0 aliphatic rings. The summed E-state index contributed by atoms with van der Waals surface area (Å²) >= 11 is 1.78. The highest BCUT2D eigenvalue weighted by Crippen LogP contribution is 2.21. The van der Waals surface area contributed by atoms with Gasteiger partial charge in [-0.1, -0.05) is 36.4 Å². The molecule has 0 radical (unpaired) electrons. The number of rotatable bonds is 8. The maximum atomic E-state index is 4.80. The van der Waals surface area contributed by atoms with Gasteiger partial charge in [-0.15, -0.1) is 11.8 Å². The van der Waals surface area contributed by atoms with Gasteiger partial charge in [0.15, 0.2) is 5.96 Å². The average Bonchev–Trinajstić information content (AvgIpc) is 3.15. The lowest BCUT2D eigenvalue weighted by Gasteiger charge is -2.14. The van der Waals surface area contributed by atoms with E-state index in [1.54, 1.807) is 11.8 Å². The number of aliphatic imine (C=N–C) groups is 1. The van der Waals surface area contributed by atoms with E-state index in [1.807, 2.05) is 19.3 Å². The SMILES string of the molecule is CCNC(=NCc1cccc(Cn2ccnc2C)c1)NCc1ccc(C)cc1SC. The van der Waals surface area contributed by atoms with Crippen LogP contribution < -0.4 is 10.6 Å². The lowest BCUT2D eigenvalue weighted by atomic mass is 10.1. The molecule has 0 aliphatic heterocycles. The lowest BCUT2D eigenvalue weighted by Crippen LogP contribution is -2.36. The molecule has 2 aromatic carbocycles. The molecule has 6 heteroatoms. The normalized spacial score (nSPS) is 11.5. The number of guanidine groups is 1. The Morgan fingerprint density at radius 2 is 1.93 bits per heavy atom. The minimum Gasteiger partial charge on any atom is -0.357 e. The monoisotopic (exact) mass is 421 g/mol. The number of nitrogens with one attached hydrogen (secondary N) is 2. The van der Waals surface area contributed by atoms with E-state index in [1.165, 1.54) is 27.1 Å². The summed E-state index contributed by atoms with van der Waals surface area (Å²) < 4.78 is 2.15. The molecule has 0 unspecified atom stereocenters.